The lowest BCUT2D eigenvalue weighted by atomic mass is 9.83. The standard InChI is InChI=1S/C18H29NO3/c1-14-7-15(2)9-17(8-14)22-11-16(21)10-19-6-4-5-18(3,12-19)13-20/h7-9,16,20-21H,4-6,10-13H2,1-3H3. The Bertz CT molecular complexity index is 471. The second-order valence-electron chi connectivity index (χ2n) is 7.10. The van der Waals surface area contributed by atoms with Crippen LogP contribution in [0.2, 0.25) is 0 Å². The van der Waals surface area contributed by atoms with Crippen LogP contribution in [-0.4, -0.2) is 54.1 Å². The number of hydrogen-bond donors (Lipinski definition) is 2. The highest BCUT2D eigenvalue weighted by Crippen LogP contribution is 2.28. The summed E-state index contributed by atoms with van der Waals surface area (Å²) in [4.78, 5) is 2.23. The molecule has 4 heteroatoms. The summed E-state index contributed by atoms with van der Waals surface area (Å²) in [6, 6.07) is 6.08. The zero-order chi connectivity index (χ0) is 16.2. The van der Waals surface area contributed by atoms with E-state index >= 15 is 0 Å². The maximum Gasteiger partial charge on any atom is 0.119 e. The van der Waals surface area contributed by atoms with Gasteiger partial charge in [0, 0.05) is 25.1 Å². The Morgan fingerprint density at radius 3 is 2.59 bits per heavy atom. The number of rotatable bonds is 6. The molecule has 22 heavy (non-hydrogen) atoms. The van der Waals surface area contributed by atoms with Crippen LogP contribution in [0.4, 0.5) is 0 Å². The fourth-order valence-electron chi connectivity index (χ4n) is 3.27. The lowest BCUT2D eigenvalue weighted by Gasteiger charge is -2.40. The van der Waals surface area contributed by atoms with Crippen molar-refractivity contribution in [2.24, 2.45) is 5.41 Å². The van der Waals surface area contributed by atoms with Crippen LogP contribution < -0.4 is 4.74 Å². The van der Waals surface area contributed by atoms with Crippen molar-refractivity contribution >= 4 is 0 Å². The maximum absolute atomic E-state index is 10.2. The molecule has 2 rings (SSSR count). The summed E-state index contributed by atoms with van der Waals surface area (Å²) >= 11 is 0. The number of nitrogens with zero attached hydrogens (tertiary/aromatic N) is 1. The summed E-state index contributed by atoms with van der Waals surface area (Å²) < 4.78 is 5.72. The third-order valence-electron chi connectivity index (χ3n) is 4.35. The van der Waals surface area contributed by atoms with E-state index in [1.54, 1.807) is 0 Å². The fourth-order valence-corrected chi connectivity index (χ4v) is 3.27. The van der Waals surface area contributed by atoms with Gasteiger partial charge >= 0.3 is 0 Å². The summed E-state index contributed by atoms with van der Waals surface area (Å²) in [6.45, 7) is 9.12. The van der Waals surface area contributed by atoms with E-state index in [2.05, 4.69) is 17.9 Å². The van der Waals surface area contributed by atoms with Crippen molar-refractivity contribution in [2.45, 2.75) is 39.7 Å². The van der Waals surface area contributed by atoms with Gasteiger partial charge in [0.15, 0.2) is 0 Å². The van der Waals surface area contributed by atoms with Gasteiger partial charge in [-0.25, -0.2) is 0 Å². The first-order chi connectivity index (χ1) is 10.4. The van der Waals surface area contributed by atoms with Gasteiger partial charge in [0.05, 0.1) is 0 Å². The van der Waals surface area contributed by atoms with Gasteiger partial charge in [0.25, 0.3) is 0 Å². The Labute approximate surface area is 133 Å². The van der Waals surface area contributed by atoms with Gasteiger partial charge in [0.2, 0.25) is 0 Å². The van der Waals surface area contributed by atoms with Crippen molar-refractivity contribution in [3.63, 3.8) is 0 Å². The Kier molecular flexibility index (Phi) is 5.84. The van der Waals surface area contributed by atoms with Gasteiger partial charge in [-0.15, -0.1) is 0 Å². The highest BCUT2D eigenvalue weighted by atomic mass is 16.5. The molecule has 4 nitrogen and oxygen atoms in total. The van der Waals surface area contributed by atoms with Crippen LogP contribution in [0.15, 0.2) is 18.2 Å². The van der Waals surface area contributed by atoms with Crippen molar-refractivity contribution in [1.29, 1.82) is 0 Å². The molecule has 0 saturated carbocycles. The van der Waals surface area contributed by atoms with Crippen LogP contribution in [-0.2, 0) is 0 Å². The molecule has 0 aromatic heterocycles. The van der Waals surface area contributed by atoms with Gasteiger partial charge in [-0.3, -0.25) is 0 Å². The van der Waals surface area contributed by atoms with Crippen LogP contribution >= 0.6 is 0 Å². The van der Waals surface area contributed by atoms with E-state index in [4.69, 9.17) is 4.74 Å². The van der Waals surface area contributed by atoms with Crippen LogP contribution in [0.1, 0.15) is 30.9 Å². The molecule has 1 heterocycles. The predicted molar refractivity (Wildman–Crippen MR) is 88.3 cm³/mol. The molecule has 0 radical (unpaired) electrons. The normalized spacial score (nSPS) is 24.2. The third-order valence-corrected chi connectivity index (χ3v) is 4.35. The van der Waals surface area contributed by atoms with E-state index in [-0.39, 0.29) is 12.0 Å². The molecular formula is C18H29NO3. The summed E-state index contributed by atoms with van der Waals surface area (Å²) in [5.74, 6) is 0.815. The van der Waals surface area contributed by atoms with Gasteiger partial charge < -0.3 is 19.8 Å². The van der Waals surface area contributed by atoms with Gasteiger partial charge in [0.1, 0.15) is 18.5 Å². The maximum atomic E-state index is 10.2. The molecule has 124 valence electrons. The SMILES string of the molecule is Cc1cc(C)cc(OCC(O)CN2CCCC(C)(CO)C2)c1. The summed E-state index contributed by atoms with van der Waals surface area (Å²) in [7, 11) is 0. The highest BCUT2D eigenvalue weighted by Gasteiger charge is 2.31. The van der Waals surface area contributed by atoms with E-state index in [0.717, 1.165) is 31.7 Å². The number of β-amino-alcohol motifs (C(OH)–C–C–N with tert-alkyl or cyclic N) is 1. The molecule has 1 aliphatic heterocycles. The van der Waals surface area contributed by atoms with E-state index < -0.39 is 6.10 Å². The molecule has 1 aromatic carbocycles. The molecule has 0 amide bonds. The lowest BCUT2D eigenvalue weighted by molar-refractivity contribution is 0.0100. The molecule has 1 saturated heterocycles. The second kappa shape index (κ2) is 7.44. The average Bonchev–Trinajstić information content (AvgIpc) is 2.44. The molecule has 2 unspecified atom stereocenters. The number of piperidine rings is 1. The molecule has 1 aromatic rings. The lowest BCUT2D eigenvalue weighted by Crippen LogP contribution is -2.47. The zero-order valence-electron chi connectivity index (χ0n) is 14.0. The number of likely N-dealkylation sites (tertiary alicyclic amines) is 1. The Morgan fingerprint density at radius 1 is 1.27 bits per heavy atom. The van der Waals surface area contributed by atoms with Gasteiger partial charge in [-0.2, -0.15) is 0 Å². The van der Waals surface area contributed by atoms with Gasteiger partial charge in [-0.1, -0.05) is 13.0 Å². The summed E-state index contributed by atoms with van der Waals surface area (Å²) in [6.07, 6.45) is 1.61. The van der Waals surface area contributed by atoms with Crippen molar-refractivity contribution in [1.82, 2.24) is 4.90 Å². The quantitative estimate of drug-likeness (QED) is 0.845. The van der Waals surface area contributed by atoms with Crippen molar-refractivity contribution < 1.29 is 14.9 Å². The molecule has 0 aliphatic carbocycles. The van der Waals surface area contributed by atoms with E-state index in [1.165, 1.54) is 11.1 Å². The number of benzene rings is 1. The first-order valence-electron chi connectivity index (χ1n) is 8.13. The van der Waals surface area contributed by atoms with Crippen LogP contribution in [0.5, 0.6) is 5.75 Å². The molecule has 0 spiro atoms. The summed E-state index contributed by atoms with van der Waals surface area (Å²) in [5, 5.41) is 19.7. The number of hydrogen-bond acceptors (Lipinski definition) is 4. The van der Waals surface area contributed by atoms with E-state index in [9.17, 15) is 10.2 Å². The monoisotopic (exact) mass is 307 g/mol. The first-order valence-corrected chi connectivity index (χ1v) is 8.13. The number of ether oxygens (including phenoxy) is 1. The number of aryl methyl sites for hydroxylation is 2. The minimum atomic E-state index is -0.512. The average molecular weight is 307 g/mol. The zero-order valence-corrected chi connectivity index (χ0v) is 14.0. The van der Waals surface area contributed by atoms with Crippen molar-refractivity contribution in [3.05, 3.63) is 29.3 Å². The predicted octanol–water partition coefficient (Wildman–Crippen LogP) is 2.14. The minimum absolute atomic E-state index is 0.0352. The van der Waals surface area contributed by atoms with Crippen LogP contribution in [0, 0.1) is 19.3 Å². The topological polar surface area (TPSA) is 52.9 Å². The van der Waals surface area contributed by atoms with E-state index in [0.29, 0.717) is 13.2 Å². The fraction of sp³-hybridized carbons (Fsp3) is 0.667. The molecule has 1 fully saturated rings. The van der Waals surface area contributed by atoms with Crippen LogP contribution in [0.3, 0.4) is 0 Å². The molecule has 2 atom stereocenters. The minimum Gasteiger partial charge on any atom is -0.491 e. The Morgan fingerprint density at radius 2 is 1.95 bits per heavy atom. The smallest absolute Gasteiger partial charge is 0.119 e. The Hall–Kier alpha value is -1.10. The molecule has 2 N–H and O–H groups in total. The second-order valence-corrected chi connectivity index (χ2v) is 7.10. The summed E-state index contributed by atoms with van der Waals surface area (Å²) in [5.41, 5.74) is 2.30. The Balaban J connectivity index is 1.81. The largest absolute Gasteiger partial charge is 0.491 e. The third kappa shape index (κ3) is 4.97. The van der Waals surface area contributed by atoms with Crippen molar-refractivity contribution in [3.8, 4) is 5.75 Å². The molecule has 1 aliphatic rings. The van der Waals surface area contributed by atoms with Crippen molar-refractivity contribution in [2.75, 3.05) is 32.8 Å². The van der Waals surface area contributed by atoms with Gasteiger partial charge in [-0.05, 0) is 56.5 Å². The first kappa shape index (κ1) is 17.3. The molecule has 0 bridgehead atoms. The number of aliphatic hydroxyl groups is 2. The van der Waals surface area contributed by atoms with E-state index in [1.807, 2.05) is 26.0 Å². The number of aliphatic hydroxyl groups excluding tert-OH is 2. The highest BCUT2D eigenvalue weighted by molar-refractivity contribution is 5.32. The van der Waals surface area contributed by atoms with Crippen LogP contribution in [0.25, 0.3) is 0 Å². The molecular weight excluding hydrogens is 278 g/mol.